The largest absolute Gasteiger partial charge is 0.506 e. The molecule has 0 aliphatic heterocycles. The van der Waals surface area contributed by atoms with Gasteiger partial charge in [0.25, 0.3) is 0 Å². The van der Waals surface area contributed by atoms with Crippen LogP contribution in [0.3, 0.4) is 0 Å². The van der Waals surface area contributed by atoms with Gasteiger partial charge in [-0.1, -0.05) is 12.6 Å². The third-order valence-corrected chi connectivity index (χ3v) is 4.92. The number of hydrogen-bond donors (Lipinski definition) is 1. The van der Waals surface area contributed by atoms with Crippen molar-refractivity contribution < 1.29 is 14.6 Å². The number of benzene rings is 2. The molecule has 1 aromatic heterocycles. The summed E-state index contributed by atoms with van der Waals surface area (Å²) in [5, 5.41) is 19.0. The first-order valence-electron chi connectivity index (χ1n) is 8.56. The Balaban J connectivity index is 1.65. The van der Waals surface area contributed by atoms with E-state index >= 15 is 0 Å². The van der Waals surface area contributed by atoms with E-state index in [-0.39, 0.29) is 11.7 Å². The Morgan fingerprint density at radius 1 is 1.22 bits per heavy atom. The minimum absolute atomic E-state index is 0.139. The number of carbonyl (C=O) groups excluding carboxylic acids is 1. The summed E-state index contributed by atoms with van der Waals surface area (Å²) in [4.78, 5) is 13.8. The highest BCUT2D eigenvalue weighted by Gasteiger charge is 2.10. The molecule has 7 heteroatoms. The molecule has 0 bridgehead atoms. The van der Waals surface area contributed by atoms with Crippen molar-refractivity contribution in [1.82, 2.24) is 15.0 Å². The lowest BCUT2D eigenvalue weighted by molar-refractivity contribution is -0.138. The monoisotopic (exact) mass is 383 g/mol. The summed E-state index contributed by atoms with van der Waals surface area (Å²) in [7, 11) is 0. The zero-order valence-electron chi connectivity index (χ0n) is 15.3. The molecule has 3 aromatic rings. The highest BCUT2D eigenvalue weighted by atomic mass is 32.2. The van der Waals surface area contributed by atoms with E-state index in [0.717, 1.165) is 33.7 Å². The standard InChI is InChI=1S/C20H21N3O3S/c1-13(2)20(25)26-9-4-10-27-15-6-7-16-17(12-15)22-23(21-16)18-11-14(3)5-8-19(18)24/h5-8,11-12,24H,1,4,9-10H2,2-3H3. The number of fused-ring (bicyclic) bond motifs is 1. The Hall–Kier alpha value is -2.80. The lowest BCUT2D eigenvalue weighted by Crippen LogP contribution is -2.06. The van der Waals surface area contributed by atoms with Crippen LogP contribution in [0.4, 0.5) is 0 Å². The van der Waals surface area contributed by atoms with Gasteiger partial charge in [-0.15, -0.1) is 26.8 Å². The topological polar surface area (TPSA) is 77.2 Å². The van der Waals surface area contributed by atoms with E-state index in [1.165, 1.54) is 4.80 Å². The number of thioether (sulfide) groups is 1. The van der Waals surface area contributed by atoms with Crippen LogP contribution in [0.5, 0.6) is 5.75 Å². The summed E-state index contributed by atoms with van der Waals surface area (Å²) < 4.78 is 5.08. The smallest absolute Gasteiger partial charge is 0.333 e. The normalized spacial score (nSPS) is 10.9. The van der Waals surface area contributed by atoms with Crippen LogP contribution in [-0.2, 0) is 9.53 Å². The van der Waals surface area contributed by atoms with Gasteiger partial charge in [-0.3, -0.25) is 0 Å². The van der Waals surface area contributed by atoms with Gasteiger partial charge in [-0.2, -0.15) is 0 Å². The number of carbonyl (C=O) groups is 1. The molecule has 140 valence electrons. The maximum atomic E-state index is 11.3. The van der Waals surface area contributed by atoms with E-state index < -0.39 is 0 Å². The fourth-order valence-electron chi connectivity index (χ4n) is 2.42. The Morgan fingerprint density at radius 2 is 2.00 bits per heavy atom. The molecule has 1 N–H and O–H groups in total. The molecule has 0 amide bonds. The fraction of sp³-hybridized carbons (Fsp3) is 0.250. The highest BCUT2D eigenvalue weighted by molar-refractivity contribution is 7.99. The number of nitrogens with zero attached hydrogens (tertiary/aromatic N) is 3. The predicted octanol–water partition coefficient (Wildman–Crippen LogP) is 4.04. The van der Waals surface area contributed by atoms with Gasteiger partial charge >= 0.3 is 5.97 Å². The van der Waals surface area contributed by atoms with Crippen LogP contribution in [0.2, 0.25) is 0 Å². The van der Waals surface area contributed by atoms with Crippen molar-refractivity contribution in [3.8, 4) is 11.4 Å². The number of aromatic nitrogens is 3. The Bertz CT molecular complexity index is 997. The van der Waals surface area contributed by atoms with E-state index in [4.69, 9.17) is 4.74 Å². The lowest BCUT2D eigenvalue weighted by Gasteiger charge is -2.04. The third-order valence-electron chi connectivity index (χ3n) is 3.84. The molecule has 0 aliphatic rings. The Kier molecular flexibility index (Phi) is 5.81. The number of phenols is 1. The maximum Gasteiger partial charge on any atom is 0.333 e. The van der Waals surface area contributed by atoms with E-state index in [0.29, 0.717) is 17.9 Å². The SMILES string of the molecule is C=C(C)C(=O)OCCCSc1ccc2nn(-c3cc(C)ccc3O)nc2c1. The first-order valence-corrected chi connectivity index (χ1v) is 9.55. The molecule has 0 fully saturated rings. The summed E-state index contributed by atoms with van der Waals surface area (Å²) in [5.74, 6) is 0.610. The number of hydrogen-bond acceptors (Lipinski definition) is 6. The average Bonchev–Trinajstić information content (AvgIpc) is 3.06. The molecule has 0 spiro atoms. The van der Waals surface area contributed by atoms with Crippen LogP contribution >= 0.6 is 11.8 Å². The summed E-state index contributed by atoms with van der Waals surface area (Å²) in [6, 6.07) is 11.2. The molecule has 0 saturated heterocycles. The molecule has 3 rings (SSSR count). The van der Waals surface area contributed by atoms with Gasteiger partial charge in [-0.05, 0) is 56.2 Å². The average molecular weight is 383 g/mol. The fourth-order valence-corrected chi connectivity index (χ4v) is 3.28. The van der Waals surface area contributed by atoms with Crippen LogP contribution in [0.15, 0.2) is 53.4 Å². The molecule has 1 heterocycles. The maximum absolute atomic E-state index is 11.3. The molecular formula is C20H21N3O3S. The van der Waals surface area contributed by atoms with Gasteiger partial charge in [0, 0.05) is 16.2 Å². The molecule has 0 aliphatic carbocycles. The summed E-state index contributed by atoms with van der Waals surface area (Å²) in [5.41, 5.74) is 3.51. The Labute approximate surface area is 161 Å². The van der Waals surface area contributed by atoms with Crippen molar-refractivity contribution in [3.63, 3.8) is 0 Å². The molecule has 0 unspecified atom stereocenters. The van der Waals surface area contributed by atoms with Gasteiger partial charge in [0.2, 0.25) is 0 Å². The third kappa shape index (κ3) is 4.68. The van der Waals surface area contributed by atoms with Crippen LogP contribution in [0, 0.1) is 6.92 Å². The minimum Gasteiger partial charge on any atom is -0.506 e. The van der Waals surface area contributed by atoms with Crippen molar-refractivity contribution in [3.05, 3.63) is 54.1 Å². The first-order chi connectivity index (χ1) is 12.9. The van der Waals surface area contributed by atoms with Gasteiger partial charge in [0.1, 0.15) is 22.5 Å². The van der Waals surface area contributed by atoms with Crippen molar-refractivity contribution in [2.24, 2.45) is 0 Å². The summed E-state index contributed by atoms with van der Waals surface area (Å²) >= 11 is 1.67. The van der Waals surface area contributed by atoms with Crippen LogP contribution in [0.1, 0.15) is 18.9 Å². The highest BCUT2D eigenvalue weighted by Crippen LogP contribution is 2.25. The van der Waals surface area contributed by atoms with Crippen molar-refractivity contribution in [2.45, 2.75) is 25.2 Å². The molecular weight excluding hydrogens is 362 g/mol. The molecule has 0 atom stereocenters. The summed E-state index contributed by atoms with van der Waals surface area (Å²) in [6.45, 7) is 7.52. The second-order valence-electron chi connectivity index (χ2n) is 6.25. The van der Waals surface area contributed by atoms with E-state index in [1.54, 1.807) is 24.8 Å². The molecule has 27 heavy (non-hydrogen) atoms. The number of phenolic OH excluding ortho intramolecular Hbond substituents is 1. The van der Waals surface area contributed by atoms with Gasteiger partial charge < -0.3 is 9.84 Å². The second kappa shape index (κ2) is 8.26. The zero-order chi connectivity index (χ0) is 19.4. The number of aromatic hydroxyl groups is 1. The predicted molar refractivity (Wildman–Crippen MR) is 106 cm³/mol. The lowest BCUT2D eigenvalue weighted by atomic mass is 10.2. The second-order valence-corrected chi connectivity index (χ2v) is 7.42. The van der Waals surface area contributed by atoms with Gasteiger partial charge in [0.15, 0.2) is 0 Å². The van der Waals surface area contributed by atoms with E-state index in [1.807, 2.05) is 37.3 Å². The quantitative estimate of drug-likeness (QED) is 0.287. The number of ether oxygens (including phenoxy) is 1. The number of rotatable bonds is 7. The van der Waals surface area contributed by atoms with E-state index in [9.17, 15) is 9.90 Å². The first kappa shape index (κ1) is 19.0. The van der Waals surface area contributed by atoms with Crippen LogP contribution in [-0.4, -0.2) is 38.4 Å². The number of esters is 1. The molecule has 2 aromatic carbocycles. The van der Waals surface area contributed by atoms with E-state index in [2.05, 4.69) is 16.8 Å². The van der Waals surface area contributed by atoms with Gasteiger partial charge in [-0.25, -0.2) is 4.79 Å². The molecule has 6 nitrogen and oxygen atoms in total. The van der Waals surface area contributed by atoms with Crippen LogP contribution < -0.4 is 0 Å². The molecule has 0 radical (unpaired) electrons. The van der Waals surface area contributed by atoms with Gasteiger partial charge in [0.05, 0.1) is 6.61 Å². The van der Waals surface area contributed by atoms with Crippen molar-refractivity contribution >= 4 is 28.8 Å². The minimum atomic E-state index is -0.350. The van der Waals surface area contributed by atoms with Crippen LogP contribution in [0.25, 0.3) is 16.7 Å². The van der Waals surface area contributed by atoms with Crippen molar-refractivity contribution in [2.75, 3.05) is 12.4 Å². The summed E-state index contributed by atoms with van der Waals surface area (Å²) in [6.07, 6.45) is 0.756. The Morgan fingerprint density at radius 3 is 2.78 bits per heavy atom. The van der Waals surface area contributed by atoms with Crippen molar-refractivity contribution in [1.29, 1.82) is 0 Å². The number of aryl methyl sites for hydroxylation is 1. The molecule has 0 saturated carbocycles. The zero-order valence-corrected chi connectivity index (χ0v) is 16.1.